The number of benzene rings is 2. The van der Waals surface area contributed by atoms with Gasteiger partial charge in [-0.3, -0.25) is 0 Å². The molecule has 0 amide bonds. The van der Waals surface area contributed by atoms with E-state index in [-0.39, 0.29) is 6.01 Å². The second-order valence-electron chi connectivity index (χ2n) is 4.54. The van der Waals surface area contributed by atoms with Crippen LogP contribution < -0.4 is 4.74 Å². The van der Waals surface area contributed by atoms with E-state index in [0.717, 1.165) is 0 Å². The zero-order valence-corrected chi connectivity index (χ0v) is 12.5. The van der Waals surface area contributed by atoms with E-state index >= 15 is 0 Å². The highest BCUT2D eigenvalue weighted by Gasteiger charge is 2.10. The second kappa shape index (κ2) is 5.21. The molecule has 1 unspecified atom stereocenters. The molecular formula is C15H14N2O3S. The molecule has 0 saturated heterocycles. The lowest BCUT2D eigenvalue weighted by Gasteiger charge is -2.01. The van der Waals surface area contributed by atoms with Crippen LogP contribution in [0.25, 0.3) is 11.1 Å². The summed E-state index contributed by atoms with van der Waals surface area (Å²) >= 11 is 0. The summed E-state index contributed by atoms with van der Waals surface area (Å²) in [6, 6.07) is 14.4. The predicted molar refractivity (Wildman–Crippen MR) is 81.4 cm³/mol. The first-order valence-electron chi connectivity index (χ1n) is 6.30. The van der Waals surface area contributed by atoms with Gasteiger partial charge in [-0.2, -0.15) is 4.98 Å². The smallest absolute Gasteiger partial charge is 0.331 e. The Labute approximate surface area is 122 Å². The minimum Gasteiger partial charge on any atom is -0.497 e. The van der Waals surface area contributed by atoms with Crippen molar-refractivity contribution in [3.8, 4) is 5.75 Å². The van der Waals surface area contributed by atoms with Crippen LogP contribution in [0.15, 0.2) is 62.2 Å². The van der Waals surface area contributed by atoms with Crippen LogP contribution in [0.3, 0.4) is 0 Å². The Balaban J connectivity index is 2.08. The average molecular weight is 302 g/mol. The minimum absolute atomic E-state index is 0.106. The molecule has 0 aliphatic carbocycles. The summed E-state index contributed by atoms with van der Waals surface area (Å²) < 4.78 is 27.5. The topological polar surface area (TPSA) is 64.7 Å². The number of hydrogen-bond acceptors (Lipinski definition) is 5. The molecule has 5 nitrogen and oxygen atoms in total. The van der Waals surface area contributed by atoms with Crippen molar-refractivity contribution in [1.29, 1.82) is 0 Å². The third-order valence-electron chi connectivity index (χ3n) is 3.02. The van der Waals surface area contributed by atoms with Crippen molar-refractivity contribution in [2.45, 2.75) is 4.90 Å². The maximum atomic E-state index is 12.7. The molecule has 108 valence electrons. The molecule has 0 aliphatic heterocycles. The van der Waals surface area contributed by atoms with Gasteiger partial charge in [0.05, 0.1) is 16.8 Å². The van der Waals surface area contributed by atoms with Crippen LogP contribution in [-0.2, 0) is 9.73 Å². The normalized spacial score (nSPS) is 13.8. The van der Waals surface area contributed by atoms with Crippen LogP contribution >= 0.6 is 0 Å². The van der Waals surface area contributed by atoms with E-state index in [1.54, 1.807) is 43.7 Å². The lowest BCUT2D eigenvalue weighted by Crippen LogP contribution is -1.96. The molecular weight excluding hydrogens is 288 g/mol. The Morgan fingerprint density at radius 2 is 1.95 bits per heavy atom. The summed E-state index contributed by atoms with van der Waals surface area (Å²) in [6.07, 6.45) is 1.57. The Morgan fingerprint density at radius 3 is 2.67 bits per heavy atom. The molecule has 6 heteroatoms. The van der Waals surface area contributed by atoms with Gasteiger partial charge in [0.15, 0.2) is 5.58 Å². The highest BCUT2D eigenvalue weighted by atomic mass is 32.2. The number of methoxy groups -OCH3 is 1. The molecule has 1 atom stereocenters. The Bertz CT molecular complexity index is 894. The van der Waals surface area contributed by atoms with Gasteiger partial charge in [-0.25, -0.2) is 4.21 Å². The van der Waals surface area contributed by atoms with Gasteiger partial charge in [0.2, 0.25) is 0 Å². The van der Waals surface area contributed by atoms with Gasteiger partial charge in [-0.05, 0) is 24.3 Å². The zero-order chi connectivity index (χ0) is 14.9. The maximum absolute atomic E-state index is 12.7. The lowest BCUT2D eigenvalue weighted by molar-refractivity contribution is 0.415. The summed E-state index contributed by atoms with van der Waals surface area (Å²) in [6.45, 7) is 0. The minimum atomic E-state index is -2.59. The van der Waals surface area contributed by atoms with Crippen molar-refractivity contribution >= 4 is 26.8 Å². The molecule has 3 aromatic rings. The van der Waals surface area contributed by atoms with Crippen LogP contribution in [0.2, 0.25) is 0 Å². The molecule has 0 radical (unpaired) electrons. The van der Waals surface area contributed by atoms with E-state index in [1.165, 1.54) is 0 Å². The van der Waals surface area contributed by atoms with Gasteiger partial charge in [0.1, 0.15) is 11.3 Å². The van der Waals surface area contributed by atoms with Crippen LogP contribution in [0.4, 0.5) is 6.01 Å². The molecule has 3 rings (SSSR count). The summed E-state index contributed by atoms with van der Waals surface area (Å²) in [5, 5.41) is 0. The molecule has 0 saturated carbocycles. The first-order chi connectivity index (χ1) is 10.1. The first kappa shape index (κ1) is 13.6. The number of ether oxygens (including phenoxy) is 1. The van der Waals surface area contributed by atoms with E-state index in [2.05, 4.69) is 9.35 Å². The van der Waals surface area contributed by atoms with Gasteiger partial charge in [-0.15, -0.1) is 4.36 Å². The second-order valence-corrected chi connectivity index (χ2v) is 6.80. The van der Waals surface area contributed by atoms with Crippen LogP contribution in [-0.4, -0.2) is 22.6 Å². The number of nitrogens with zero attached hydrogens (tertiary/aromatic N) is 2. The Hall–Kier alpha value is -2.34. The van der Waals surface area contributed by atoms with E-state index in [1.807, 2.05) is 18.2 Å². The van der Waals surface area contributed by atoms with E-state index < -0.39 is 9.73 Å². The fraction of sp³-hybridized carbons (Fsp3) is 0.133. The zero-order valence-electron chi connectivity index (χ0n) is 11.6. The number of rotatable bonds is 3. The Kier molecular flexibility index (Phi) is 3.39. The van der Waals surface area contributed by atoms with Gasteiger partial charge < -0.3 is 9.15 Å². The lowest BCUT2D eigenvalue weighted by atomic mass is 10.3. The summed E-state index contributed by atoms with van der Waals surface area (Å²) in [5.41, 5.74) is 1.20. The van der Waals surface area contributed by atoms with Crippen molar-refractivity contribution < 1.29 is 13.4 Å². The third kappa shape index (κ3) is 2.75. The van der Waals surface area contributed by atoms with Crippen molar-refractivity contribution in [2.75, 3.05) is 13.4 Å². The van der Waals surface area contributed by atoms with Crippen LogP contribution in [0.5, 0.6) is 5.75 Å². The summed E-state index contributed by atoms with van der Waals surface area (Å²) in [5.74, 6) is 0.683. The Morgan fingerprint density at radius 1 is 1.19 bits per heavy atom. The quantitative estimate of drug-likeness (QED) is 0.741. The first-order valence-corrected chi connectivity index (χ1v) is 8.22. The number of fused-ring (bicyclic) bond motifs is 1. The number of aromatic nitrogens is 1. The number of hydrogen-bond donors (Lipinski definition) is 0. The van der Waals surface area contributed by atoms with Crippen LogP contribution in [0, 0.1) is 0 Å². The molecule has 0 spiro atoms. The monoisotopic (exact) mass is 302 g/mol. The van der Waals surface area contributed by atoms with E-state index in [9.17, 15) is 4.21 Å². The highest BCUT2D eigenvalue weighted by molar-refractivity contribution is 7.93. The molecule has 0 N–H and O–H groups in total. The fourth-order valence-electron chi connectivity index (χ4n) is 1.94. The molecule has 0 aliphatic rings. The third-order valence-corrected chi connectivity index (χ3v) is 4.67. The molecule has 0 bridgehead atoms. The van der Waals surface area contributed by atoms with Crippen molar-refractivity contribution in [2.24, 2.45) is 4.36 Å². The van der Waals surface area contributed by atoms with Gasteiger partial charge in [0.25, 0.3) is 0 Å². The molecule has 1 heterocycles. The van der Waals surface area contributed by atoms with E-state index in [0.29, 0.717) is 21.7 Å². The standard InChI is InChI=1S/C15H14N2O3S/c1-19-11-8-9-14-13(10-11)16-15(20-14)17-21(2,18)12-6-4-3-5-7-12/h3-10H,1-2H3. The predicted octanol–water partition coefficient (Wildman–Crippen LogP) is 3.62. The molecule has 0 fully saturated rings. The SMILES string of the molecule is COc1ccc2oc(N=S(C)(=O)c3ccccc3)nc2c1. The van der Waals surface area contributed by atoms with E-state index in [4.69, 9.17) is 9.15 Å². The van der Waals surface area contributed by atoms with Gasteiger partial charge >= 0.3 is 6.01 Å². The van der Waals surface area contributed by atoms with Crippen molar-refractivity contribution in [3.63, 3.8) is 0 Å². The van der Waals surface area contributed by atoms with Crippen LogP contribution in [0.1, 0.15) is 0 Å². The molecule has 21 heavy (non-hydrogen) atoms. The van der Waals surface area contributed by atoms with Gasteiger partial charge in [-0.1, -0.05) is 18.2 Å². The summed E-state index contributed by atoms with van der Waals surface area (Å²) in [4.78, 5) is 4.88. The highest BCUT2D eigenvalue weighted by Crippen LogP contribution is 2.26. The molecule has 1 aromatic heterocycles. The molecule has 2 aromatic carbocycles. The van der Waals surface area contributed by atoms with Crippen molar-refractivity contribution in [1.82, 2.24) is 4.98 Å². The largest absolute Gasteiger partial charge is 0.497 e. The average Bonchev–Trinajstić information content (AvgIpc) is 2.88. The fourth-order valence-corrected chi connectivity index (χ4v) is 3.08. The number of oxazole rings is 1. The maximum Gasteiger partial charge on any atom is 0.331 e. The summed E-state index contributed by atoms with van der Waals surface area (Å²) in [7, 11) is -1.01. The van der Waals surface area contributed by atoms with Crippen molar-refractivity contribution in [3.05, 3.63) is 48.5 Å². The van der Waals surface area contributed by atoms with Gasteiger partial charge in [0, 0.05) is 17.2 Å².